The highest BCUT2D eigenvalue weighted by Crippen LogP contribution is 2.06. The third-order valence-corrected chi connectivity index (χ3v) is 4.29. The predicted molar refractivity (Wildman–Crippen MR) is 106 cm³/mol. The van der Waals surface area contributed by atoms with E-state index in [1.807, 2.05) is 25.7 Å². The molecule has 0 radical (unpaired) electrons. The van der Waals surface area contributed by atoms with Gasteiger partial charge >= 0.3 is 0 Å². The summed E-state index contributed by atoms with van der Waals surface area (Å²) in [7, 11) is 1.60. The van der Waals surface area contributed by atoms with Crippen molar-refractivity contribution < 1.29 is 18.8 Å². The van der Waals surface area contributed by atoms with Crippen LogP contribution in [0.15, 0.2) is 28.9 Å². The van der Waals surface area contributed by atoms with Gasteiger partial charge in [-0.05, 0) is 39.0 Å². The fourth-order valence-corrected chi connectivity index (χ4v) is 2.86. The van der Waals surface area contributed by atoms with E-state index in [1.165, 1.54) is 17.2 Å². The SMILES string of the molecule is CN(CC(=O)N1CCN(CC(=O)NC(C)(C)C)CC1)C(=O)/C=C/c1ccco1. The first kappa shape index (κ1) is 21.7. The molecule has 0 aliphatic carbocycles. The average Bonchev–Trinajstić information content (AvgIpc) is 3.12. The number of piperazine rings is 1. The maximum atomic E-state index is 12.5. The van der Waals surface area contributed by atoms with Crippen molar-refractivity contribution in [3.8, 4) is 0 Å². The van der Waals surface area contributed by atoms with Gasteiger partial charge in [0, 0.05) is 44.8 Å². The second-order valence-electron chi connectivity index (χ2n) is 8.00. The molecule has 154 valence electrons. The Morgan fingerprint density at radius 3 is 2.46 bits per heavy atom. The number of carbonyl (C=O) groups excluding carboxylic acids is 3. The van der Waals surface area contributed by atoms with Gasteiger partial charge in [-0.1, -0.05) is 0 Å². The zero-order valence-corrected chi connectivity index (χ0v) is 17.1. The van der Waals surface area contributed by atoms with E-state index >= 15 is 0 Å². The van der Waals surface area contributed by atoms with E-state index in [0.717, 1.165) is 0 Å². The van der Waals surface area contributed by atoms with Crippen LogP contribution < -0.4 is 5.32 Å². The van der Waals surface area contributed by atoms with Gasteiger partial charge in [0.2, 0.25) is 17.7 Å². The lowest BCUT2D eigenvalue weighted by molar-refractivity contribution is -0.138. The molecule has 1 aliphatic rings. The monoisotopic (exact) mass is 390 g/mol. The van der Waals surface area contributed by atoms with Crippen LogP contribution in [0.4, 0.5) is 0 Å². The lowest BCUT2D eigenvalue weighted by atomic mass is 10.1. The first-order valence-corrected chi connectivity index (χ1v) is 9.42. The van der Waals surface area contributed by atoms with E-state index in [-0.39, 0.29) is 29.8 Å². The zero-order valence-electron chi connectivity index (χ0n) is 17.1. The fourth-order valence-electron chi connectivity index (χ4n) is 2.86. The van der Waals surface area contributed by atoms with Crippen molar-refractivity contribution in [1.82, 2.24) is 20.0 Å². The van der Waals surface area contributed by atoms with Crippen molar-refractivity contribution in [1.29, 1.82) is 0 Å². The first-order chi connectivity index (χ1) is 13.1. The Labute approximate surface area is 166 Å². The minimum atomic E-state index is -0.262. The summed E-state index contributed by atoms with van der Waals surface area (Å²) in [6, 6.07) is 3.49. The molecule has 1 saturated heterocycles. The van der Waals surface area contributed by atoms with E-state index in [2.05, 4.69) is 5.32 Å². The second-order valence-corrected chi connectivity index (χ2v) is 8.00. The molecule has 8 heteroatoms. The molecular formula is C20H30N4O4. The smallest absolute Gasteiger partial charge is 0.246 e. The maximum Gasteiger partial charge on any atom is 0.246 e. The summed E-state index contributed by atoms with van der Waals surface area (Å²) in [5, 5.41) is 2.94. The molecule has 2 rings (SSSR count). The van der Waals surface area contributed by atoms with Crippen molar-refractivity contribution in [3.05, 3.63) is 30.2 Å². The van der Waals surface area contributed by atoms with Gasteiger partial charge in [0.15, 0.2) is 0 Å². The van der Waals surface area contributed by atoms with Crippen molar-refractivity contribution in [2.24, 2.45) is 0 Å². The van der Waals surface area contributed by atoms with Gasteiger partial charge in [-0.3, -0.25) is 19.3 Å². The zero-order chi connectivity index (χ0) is 20.7. The molecule has 0 unspecified atom stereocenters. The number of amides is 3. The Hall–Kier alpha value is -2.61. The maximum absolute atomic E-state index is 12.5. The normalized spacial score (nSPS) is 15.6. The molecule has 1 fully saturated rings. The van der Waals surface area contributed by atoms with E-state index < -0.39 is 0 Å². The van der Waals surface area contributed by atoms with E-state index in [9.17, 15) is 14.4 Å². The molecule has 3 amide bonds. The van der Waals surface area contributed by atoms with Gasteiger partial charge in [-0.25, -0.2) is 0 Å². The summed E-state index contributed by atoms with van der Waals surface area (Å²) in [6.07, 6.45) is 4.49. The summed E-state index contributed by atoms with van der Waals surface area (Å²) in [5.41, 5.74) is -0.253. The number of hydrogen-bond donors (Lipinski definition) is 1. The minimum Gasteiger partial charge on any atom is -0.465 e. The van der Waals surface area contributed by atoms with Crippen LogP contribution in [0.3, 0.4) is 0 Å². The molecule has 0 spiro atoms. The van der Waals surface area contributed by atoms with Crippen LogP contribution in [0.2, 0.25) is 0 Å². The molecule has 8 nitrogen and oxygen atoms in total. The molecule has 28 heavy (non-hydrogen) atoms. The predicted octanol–water partition coefficient (Wildman–Crippen LogP) is 0.810. The number of furan rings is 1. The Kier molecular flexibility index (Phi) is 7.39. The van der Waals surface area contributed by atoms with Crippen LogP contribution in [-0.4, -0.2) is 84.3 Å². The van der Waals surface area contributed by atoms with Gasteiger partial charge in [-0.2, -0.15) is 0 Å². The number of rotatable bonds is 6. The molecule has 0 bridgehead atoms. The summed E-state index contributed by atoms with van der Waals surface area (Å²) < 4.78 is 5.14. The van der Waals surface area contributed by atoms with Gasteiger partial charge < -0.3 is 19.5 Å². The molecule has 0 atom stereocenters. The summed E-state index contributed by atoms with van der Waals surface area (Å²) in [4.78, 5) is 41.7. The van der Waals surface area contributed by atoms with Crippen LogP contribution in [0.1, 0.15) is 26.5 Å². The number of nitrogens with zero attached hydrogens (tertiary/aromatic N) is 3. The molecule has 1 aromatic rings. The summed E-state index contributed by atoms with van der Waals surface area (Å²) in [5.74, 6) is 0.212. The molecule has 2 heterocycles. The van der Waals surface area contributed by atoms with Crippen molar-refractivity contribution in [2.45, 2.75) is 26.3 Å². The van der Waals surface area contributed by atoms with E-state index in [1.54, 1.807) is 30.2 Å². The summed E-state index contributed by atoms with van der Waals surface area (Å²) in [6.45, 7) is 8.56. The fraction of sp³-hybridized carbons (Fsp3) is 0.550. The number of carbonyl (C=O) groups is 3. The van der Waals surface area contributed by atoms with Crippen molar-refractivity contribution in [2.75, 3.05) is 46.3 Å². The molecule has 1 aromatic heterocycles. The van der Waals surface area contributed by atoms with Crippen LogP contribution >= 0.6 is 0 Å². The minimum absolute atomic E-state index is 0.0130. The second kappa shape index (κ2) is 9.54. The average molecular weight is 390 g/mol. The lowest BCUT2D eigenvalue weighted by Crippen LogP contribution is -2.54. The van der Waals surface area contributed by atoms with E-state index in [0.29, 0.717) is 38.5 Å². The highest BCUT2D eigenvalue weighted by Gasteiger charge is 2.24. The quantitative estimate of drug-likeness (QED) is 0.727. The lowest BCUT2D eigenvalue weighted by Gasteiger charge is -2.35. The first-order valence-electron chi connectivity index (χ1n) is 9.42. The molecule has 1 aliphatic heterocycles. The van der Waals surface area contributed by atoms with E-state index in [4.69, 9.17) is 4.42 Å². The Bertz CT molecular complexity index is 698. The highest BCUT2D eigenvalue weighted by atomic mass is 16.3. The Morgan fingerprint density at radius 2 is 1.89 bits per heavy atom. The largest absolute Gasteiger partial charge is 0.465 e. The summed E-state index contributed by atoms with van der Waals surface area (Å²) >= 11 is 0. The van der Waals surface area contributed by atoms with Crippen LogP contribution in [0.25, 0.3) is 6.08 Å². The third-order valence-electron chi connectivity index (χ3n) is 4.29. The standard InChI is InChI=1S/C20H30N4O4/c1-20(2,3)21-17(25)14-23-9-11-24(12-10-23)19(27)15-22(4)18(26)8-7-16-6-5-13-28-16/h5-8,13H,9-12,14-15H2,1-4H3,(H,21,25)/b8-7+. The van der Waals surface area contributed by atoms with Gasteiger partial charge in [0.1, 0.15) is 5.76 Å². The van der Waals surface area contributed by atoms with Crippen LogP contribution in [0, 0.1) is 0 Å². The molecule has 0 aromatic carbocycles. The van der Waals surface area contributed by atoms with Gasteiger partial charge in [0.05, 0.1) is 19.4 Å². The van der Waals surface area contributed by atoms with Crippen LogP contribution in [0.5, 0.6) is 0 Å². The molecular weight excluding hydrogens is 360 g/mol. The number of likely N-dealkylation sites (N-methyl/N-ethyl adjacent to an activating group) is 1. The van der Waals surface area contributed by atoms with Crippen LogP contribution in [-0.2, 0) is 14.4 Å². The third kappa shape index (κ3) is 7.19. The number of nitrogens with one attached hydrogen (secondary N) is 1. The molecule has 0 saturated carbocycles. The van der Waals surface area contributed by atoms with Crippen molar-refractivity contribution >= 4 is 23.8 Å². The Morgan fingerprint density at radius 1 is 1.21 bits per heavy atom. The number of hydrogen-bond acceptors (Lipinski definition) is 5. The van der Waals surface area contributed by atoms with Crippen molar-refractivity contribution in [3.63, 3.8) is 0 Å². The van der Waals surface area contributed by atoms with Gasteiger partial charge in [-0.15, -0.1) is 0 Å². The topological polar surface area (TPSA) is 86.1 Å². The Balaban J connectivity index is 1.74. The highest BCUT2D eigenvalue weighted by molar-refractivity contribution is 5.94. The molecule has 1 N–H and O–H groups in total. The van der Waals surface area contributed by atoms with Gasteiger partial charge in [0.25, 0.3) is 0 Å².